The second-order valence-corrected chi connectivity index (χ2v) is 5.30. The summed E-state index contributed by atoms with van der Waals surface area (Å²) < 4.78 is 0. The third kappa shape index (κ3) is 5.09. The van der Waals surface area contributed by atoms with Crippen LogP contribution in [0.5, 0.6) is 0 Å². The van der Waals surface area contributed by atoms with Crippen molar-refractivity contribution < 1.29 is 14.7 Å². The zero-order chi connectivity index (χ0) is 14.3. The molecule has 0 aromatic carbocycles. The quantitative estimate of drug-likeness (QED) is 0.773. The largest absolute Gasteiger partial charge is 0.481 e. The molecule has 0 aromatic heterocycles. The molecule has 0 saturated carbocycles. The lowest BCUT2D eigenvalue weighted by atomic mass is 10.0. The first-order valence-corrected chi connectivity index (χ1v) is 7.34. The molecule has 1 rings (SSSR count). The van der Waals surface area contributed by atoms with E-state index in [9.17, 15) is 9.59 Å². The molecule has 1 aliphatic heterocycles. The normalized spacial score (nSPS) is 18.6. The van der Waals surface area contributed by atoms with E-state index in [1.165, 1.54) is 0 Å². The maximum Gasteiger partial charge on any atom is 0.320 e. The summed E-state index contributed by atoms with van der Waals surface area (Å²) in [7, 11) is 0. The van der Waals surface area contributed by atoms with Gasteiger partial charge in [0.1, 0.15) is 0 Å². The van der Waals surface area contributed by atoms with Gasteiger partial charge in [-0.25, -0.2) is 4.79 Å². The number of rotatable bonds is 7. The molecule has 1 saturated heterocycles. The molecular formula is C14H26N2O3. The Hall–Kier alpha value is -1.26. The summed E-state index contributed by atoms with van der Waals surface area (Å²) in [6.07, 6.45) is 3.77. The number of nitrogens with zero attached hydrogens (tertiary/aromatic N) is 2. The fourth-order valence-electron chi connectivity index (χ4n) is 2.61. The molecule has 110 valence electrons. The van der Waals surface area contributed by atoms with E-state index in [0.29, 0.717) is 12.3 Å². The number of aliphatic carboxylic acids is 1. The highest BCUT2D eigenvalue weighted by molar-refractivity contribution is 5.74. The van der Waals surface area contributed by atoms with Crippen molar-refractivity contribution in [3.63, 3.8) is 0 Å². The number of carboxylic acids is 1. The van der Waals surface area contributed by atoms with Gasteiger partial charge in [0.05, 0.1) is 0 Å². The SMILES string of the molecule is CCCN(CCC)C(=O)N1CCC(CCC(=O)O)C1. The Labute approximate surface area is 115 Å². The van der Waals surface area contributed by atoms with E-state index in [1.807, 2.05) is 9.80 Å². The van der Waals surface area contributed by atoms with Crippen LogP contribution in [0.3, 0.4) is 0 Å². The number of urea groups is 1. The lowest BCUT2D eigenvalue weighted by Gasteiger charge is -2.27. The first kappa shape index (κ1) is 15.8. The van der Waals surface area contributed by atoms with Crippen LogP contribution in [0.15, 0.2) is 0 Å². The van der Waals surface area contributed by atoms with E-state index in [4.69, 9.17) is 5.11 Å². The molecule has 1 aliphatic rings. The Bertz CT molecular complexity index is 301. The topological polar surface area (TPSA) is 60.9 Å². The summed E-state index contributed by atoms with van der Waals surface area (Å²) in [5, 5.41) is 8.69. The van der Waals surface area contributed by atoms with E-state index < -0.39 is 5.97 Å². The summed E-state index contributed by atoms with van der Waals surface area (Å²) in [6.45, 7) is 7.26. The summed E-state index contributed by atoms with van der Waals surface area (Å²) in [5.74, 6) is -0.395. The highest BCUT2D eigenvalue weighted by Crippen LogP contribution is 2.22. The van der Waals surface area contributed by atoms with E-state index in [1.54, 1.807) is 0 Å². The molecule has 1 unspecified atom stereocenters. The Morgan fingerprint density at radius 1 is 1.26 bits per heavy atom. The van der Waals surface area contributed by atoms with E-state index in [0.717, 1.165) is 45.4 Å². The minimum atomic E-state index is -0.747. The molecule has 2 amide bonds. The molecule has 0 bridgehead atoms. The second-order valence-electron chi connectivity index (χ2n) is 5.30. The number of carbonyl (C=O) groups excluding carboxylic acids is 1. The van der Waals surface area contributed by atoms with Gasteiger partial charge in [0.2, 0.25) is 0 Å². The number of carbonyl (C=O) groups is 2. The molecule has 0 spiro atoms. The fourth-order valence-corrected chi connectivity index (χ4v) is 2.61. The van der Waals surface area contributed by atoms with Gasteiger partial charge in [-0.1, -0.05) is 13.8 Å². The van der Waals surface area contributed by atoms with Gasteiger partial charge >= 0.3 is 12.0 Å². The predicted octanol–water partition coefficient (Wildman–Crippen LogP) is 2.42. The monoisotopic (exact) mass is 270 g/mol. The number of likely N-dealkylation sites (tertiary alicyclic amines) is 1. The van der Waals surface area contributed by atoms with Crippen LogP contribution in [0.4, 0.5) is 4.79 Å². The third-order valence-electron chi connectivity index (χ3n) is 3.58. The smallest absolute Gasteiger partial charge is 0.320 e. The Kier molecular flexibility index (Phi) is 6.67. The van der Waals surface area contributed by atoms with E-state index in [-0.39, 0.29) is 12.5 Å². The maximum atomic E-state index is 12.3. The number of hydrogen-bond donors (Lipinski definition) is 1. The molecule has 5 nitrogen and oxygen atoms in total. The average molecular weight is 270 g/mol. The van der Waals surface area contributed by atoms with Crippen molar-refractivity contribution in [3.8, 4) is 0 Å². The van der Waals surface area contributed by atoms with Gasteiger partial charge in [-0.05, 0) is 31.6 Å². The van der Waals surface area contributed by atoms with Crippen LogP contribution >= 0.6 is 0 Å². The zero-order valence-electron chi connectivity index (χ0n) is 12.1. The number of hydrogen-bond acceptors (Lipinski definition) is 2. The summed E-state index contributed by atoms with van der Waals surface area (Å²) in [6, 6.07) is 0.126. The van der Waals surface area contributed by atoms with Crippen molar-refractivity contribution in [2.24, 2.45) is 5.92 Å². The summed E-state index contributed by atoms with van der Waals surface area (Å²) in [5.41, 5.74) is 0. The number of amides is 2. The first-order valence-electron chi connectivity index (χ1n) is 7.34. The average Bonchev–Trinajstić information content (AvgIpc) is 2.84. The summed E-state index contributed by atoms with van der Waals surface area (Å²) in [4.78, 5) is 26.7. The summed E-state index contributed by atoms with van der Waals surface area (Å²) >= 11 is 0. The van der Waals surface area contributed by atoms with Gasteiger partial charge in [0.15, 0.2) is 0 Å². The molecule has 0 aromatic rings. The van der Waals surface area contributed by atoms with Crippen LogP contribution in [0, 0.1) is 5.92 Å². The van der Waals surface area contributed by atoms with Crippen molar-refractivity contribution in [1.82, 2.24) is 9.80 Å². The van der Waals surface area contributed by atoms with Crippen LogP contribution in [0.25, 0.3) is 0 Å². The second kappa shape index (κ2) is 8.02. The van der Waals surface area contributed by atoms with Gasteiger partial charge in [0, 0.05) is 32.6 Å². The third-order valence-corrected chi connectivity index (χ3v) is 3.58. The highest BCUT2D eigenvalue weighted by atomic mass is 16.4. The van der Waals surface area contributed by atoms with Gasteiger partial charge in [-0.2, -0.15) is 0 Å². The minimum absolute atomic E-state index is 0.126. The van der Waals surface area contributed by atoms with Crippen LogP contribution in [-0.4, -0.2) is 53.1 Å². The predicted molar refractivity (Wildman–Crippen MR) is 74.1 cm³/mol. The molecule has 1 N–H and O–H groups in total. The van der Waals surface area contributed by atoms with E-state index >= 15 is 0 Å². The molecule has 1 fully saturated rings. The highest BCUT2D eigenvalue weighted by Gasteiger charge is 2.28. The standard InChI is InChI=1S/C14H26N2O3/c1-3-8-15(9-4-2)14(19)16-10-7-12(11-16)5-6-13(17)18/h12H,3-11H2,1-2H3,(H,17,18). The zero-order valence-corrected chi connectivity index (χ0v) is 12.1. The van der Waals surface area contributed by atoms with Crippen LogP contribution in [-0.2, 0) is 4.79 Å². The fraction of sp³-hybridized carbons (Fsp3) is 0.857. The first-order chi connectivity index (χ1) is 9.08. The van der Waals surface area contributed by atoms with Crippen molar-refractivity contribution >= 4 is 12.0 Å². The molecule has 1 heterocycles. The van der Waals surface area contributed by atoms with Crippen molar-refractivity contribution in [1.29, 1.82) is 0 Å². The van der Waals surface area contributed by atoms with Gasteiger partial charge in [-0.3, -0.25) is 4.79 Å². The lowest BCUT2D eigenvalue weighted by molar-refractivity contribution is -0.137. The van der Waals surface area contributed by atoms with E-state index in [2.05, 4.69) is 13.8 Å². The van der Waals surface area contributed by atoms with Crippen molar-refractivity contribution in [3.05, 3.63) is 0 Å². The van der Waals surface area contributed by atoms with Crippen molar-refractivity contribution in [2.45, 2.75) is 46.0 Å². The van der Waals surface area contributed by atoms with Crippen LogP contribution in [0.2, 0.25) is 0 Å². The molecule has 19 heavy (non-hydrogen) atoms. The maximum absolute atomic E-state index is 12.3. The molecule has 0 radical (unpaired) electrons. The molecular weight excluding hydrogens is 244 g/mol. The van der Waals surface area contributed by atoms with Crippen LogP contribution < -0.4 is 0 Å². The van der Waals surface area contributed by atoms with Gasteiger partial charge < -0.3 is 14.9 Å². The number of carboxylic acid groups (broad SMARTS) is 1. The molecule has 5 heteroatoms. The minimum Gasteiger partial charge on any atom is -0.481 e. The lowest BCUT2D eigenvalue weighted by Crippen LogP contribution is -2.42. The molecule has 1 atom stereocenters. The van der Waals surface area contributed by atoms with Crippen molar-refractivity contribution in [2.75, 3.05) is 26.2 Å². The molecule has 0 aliphatic carbocycles. The van der Waals surface area contributed by atoms with Gasteiger partial charge in [0.25, 0.3) is 0 Å². The van der Waals surface area contributed by atoms with Crippen LogP contribution in [0.1, 0.15) is 46.0 Å². The Balaban J connectivity index is 2.43. The Morgan fingerprint density at radius 2 is 1.89 bits per heavy atom. The van der Waals surface area contributed by atoms with Gasteiger partial charge in [-0.15, -0.1) is 0 Å². The Morgan fingerprint density at radius 3 is 2.42 bits per heavy atom.